The fourth-order valence-corrected chi connectivity index (χ4v) is 4.40. The molecule has 4 N–H and O–H groups in total. The molecule has 32 heavy (non-hydrogen) atoms. The number of pyridine rings is 1. The van der Waals surface area contributed by atoms with Gasteiger partial charge >= 0.3 is 0 Å². The molecule has 0 unspecified atom stereocenters. The lowest BCUT2D eigenvalue weighted by Crippen LogP contribution is -2.43. The molecular weight excluding hydrogens is 437 g/mol. The van der Waals surface area contributed by atoms with Gasteiger partial charge in [0.25, 0.3) is 5.91 Å². The second-order valence-corrected chi connectivity index (χ2v) is 7.95. The first-order valence-electron chi connectivity index (χ1n) is 9.79. The Morgan fingerprint density at radius 1 is 1.22 bits per heavy atom. The highest BCUT2D eigenvalue weighted by molar-refractivity contribution is 6.30. The second-order valence-electron chi connectivity index (χ2n) is 7.52. The number of aromatic hydroxyl groups is 2. The third-order valence-electron chi connectivity index (χ3n) is 5.55. The molecule has 4 rings (SSSR count). The van der Waals surface area contributed by atoms with Crippen LogP contribution in [0, 0.1) is 5.82 Å². The van der Waals surface area contributed by atoms with Crippen molar-refractivity contribution in [3.05, 3.63) is 88.0 Å². The minimum atomic E-state index is -1.25. The van der Waals surface area contributed by atoms with Gasteiger partial charge in [0.05, 0.1) is 11.6 Å². The lowest BCUT2D eigenvalue weighted by Gasteiger charge is -2.35. The van der Waals surface area contributed by atoms with E-state index in [-0.39, 0.29) is 16.3 Å². The van der Waals surface area contributed by atoms with Gasteiger partial charge in [-0.15, -0.1) is 0 Å². The van der Waals surface area contributed by atoms with Gasteiger partial charge in [0, 0.05) is 29.0 Å². The van der Waals surface area contributed by atoms with Gasteiger partial charge in [-0.3, -0.25) is 14.6 Å². The number of hydrogen-bond donors (Lipinski definition) is 3. The Hall–Kier alpha value is -3.65. The Labute approximate surface area is 187 Å². The predicted molar refractivity (Wildman–Crippen MR) is 115 cm³/mol. The number of aromatic nitrogens is 1. The van der Waals surface area contributed by atoms with Crippen LogP contribution in [-0.2, 0) is 11.2 Å². The molecule has 3 aromatic rings. The van der Waals surface area contributed by atoms with Crippen LogP contribution in [0.5, 0.6) is 11.5 Å². The summed E-state index contributed by atoms with van der Waals surface area (Å²) in [5.74, 6) is -2.73. The Morgan fingerprint density at radius 2 is 2.00 bits per heavy atom. The van der Waals surface area contributed by atoms with Crippen LogP contribution in [-0.4, -0.2) is 31.9 Å². The largest absolute Gasteiger partial charge is 0.508 e. The van der Waals surface area contributed by atoms with Gasteiger partial charge in [-0.2, -0.15) is 0 Å². The maximum absolute atomic E-state index is 14.5. The van der Waals surface area contributed by atoms with Crippen LogP contribution in [0.4, 0.5) is 4.39 Å². The SMILES string of the molecule is NC(=O)[C@@H](c1cccnc1)N(C(=O)c1ccc(O)cc1O)[C@@H]1CCc2c(F)cc(Cl)cc21. The van der Waals surface area contributed by atoms with Crippen molar-refractivity contribution in [2.24, 2.45) is 5.73 Å². The number of phenolic OH excluding ortho intramolecular Hbond substituents is 2. The van der Waals surface area contributed by atoms with E-state index >= 15 is 0 Å². The van der Waals surface area contributed by atoms with E-state index < -0.39 is 35.5 Å². The van der Waals surface area contributed by atoms with Gasteiger partial charge in [-0.05, 0) is 54.3 Å². The standard InChI is InChI=1S/C23H19ClFN3O4/c24-13-8-17-15(18(25)9-13)5-6-19(17)28(21(22(26)31)12-2-1-7-27-11-12)23(32)16-4-3-14(29)10-20(16)30/h1-4,7-11,19,21,29-30H,5-6H2,(H2,26,31)/t19-,21-/m1/s1. The number of primary amides is 1. The topological polar surface area (TPSA) is 117 Å². The smallest absolute Gasteiger partial charge is 0.259 e. The summed E-state index contributed by atoms with van der Waals surface area (Å²) in [4.78, 5) is 31.6. The number of nitrogens with two attached hydrogens (primary N) is 1. The van der Waals surface area contributed by atoms with Gasteiger partial charge in [0.15, 0.2) is 0 Å². The number of carbonyl (C=O) groups excluding carboxylic acids is 2. The lowest BCUT2D eigenvalue weighted by atomic mass is 9.98. The summed E-state index contributed by atoms with van der Waals surface area (Å²) in [7, 11) is 0. The van der Waals surface area contributed by atoms with E-state index in [1.54, 1.807) is 18.2 Å². The molecule has 0 spiro atoms. The first-order chi connectivity index (χ1) is 15.3. The zero-order valence-electron chi connectivity index (χ0n) is 16.7. The number of amides is 2. The van der Waals surface area contributed by atoms with Gasteiger partial charge in [-0.1, -0.05) is 17.7 Å². The molecule has 9 heteroatoms. The van der Waals surface area contributed by atoms with Crippen molar-refractivity contribution in [3.8, 4) is 11.5 Å². The molecule has 0 radical (unpaired) electrons. The number of benzene rings is 2. The molecule has 1 heterocycles. The van der Waals surface area contributed by atoms with Crippen molar-refractivity contribution < 1.29 is 24.2 Å². The third-order valence-corrected chi connectivity index (χ3v) is 5.77. The van der Waals surface area contributed by atoms with E-state index in [9.17, 15) is 24.2 Å². The number of carbonyl (C=O) groups is 2. The fourth-order valence-electron chi connectivity index (χ4n) is 4.19. The van der Waals surface area contributed by atoms with Gasteiger partial charge in [0.1, 0.15) is 23.4 Å². The number of halogens is 2. The molecule has 0 aliphatic heterocycles. The van der Waals surface area contributed by atoms with Crippen LogP contribution in [0.3, 0.4) is 0 Å². The quantitative estimate of drug-likeness (QED) is 0.543. The Bertz CT molecular complexity index is 1210. The summed E-state index contributed by atoms with van der Waals surface area (Å²) in [6.07, 6.45) is 3.58. The normalized spacial score (nSPS) is 15.8. The van der Waals surface area contributed by atoms with Gasteiger partial charge < -0.3 is 20.8 Å². The highest BCUT2D eigenvalue weighted by atomic mass is 35.5. The van der Waals surface area contributed by atoms with Crippen molar-refractivity contribution in [2.75, 3.05) is 0 Å². The van der Waals surface area contributed by atoms with Crippen molar-refractivity contribution in [3.63, 3.8) is 0 Å². The molecule has 0 fully saturated rings. The average Bonchev–Trinajstić information content (AvgIpc) is 3.15. The van der Waals surface area contributed by atoms with E-state index in [2.05, 4.69) is 4.98 Å². The van der Waals surface area contributed by atoms with E-state index in [4.69, 9.17) is 17.3 Å². The minimum absolute atomic E-state index is 0.145. The van der Waals surface area contributed by atoms with Crippen LogP contribution in [0.15, 0.2) is 54.9 Å². The summed E-state index contributed by atoms with van der Waals surface area (Å²) >= 11 is 6.08. The first kappa shape index (κ1) is 21.6. The van der Waals surface area contributed by atoms with Crippen molar-refractivity contribution >= 4 is 23.4 Å². The number of rotatable bonds is 5. The van der Waals surface area contributed by atoms with Crippen LogP contribution >= 0.6 is 11.6 Å². The van der Waals surface area contributed by atoms with E-state index in [0.717, 1.165) is 6.07 Å². The monoisotopic (exact) mass is 455 g/mol. The van der Waals surface area contributed by atoms with E-state index in [1.165, 1.54) is 35.5 Å². The first-order valence-corrected chi connectivity index (χ1v) is 10.2. The molecule has 1 aromatic heterocycles. The molecule has 2 aromatic carbocycles. The van der Waals surface area contributed by atoms with Gasteiger partial charge in [-0.25, -0.2) is 4.39 Å². The zero-order valence-corrected chi connectivity index (χ0v) is 17.5. The Morgan fingerprint density at radius 3 is 2.66 bits per heavy atom. The maximum Gasteiger partial charge on any atom is 0.259 e. The van der Waals surface area contributed by atoms with Crippen LogP contribution in [0.25, 0.3) is 0 Å². The highest BCUT2D eigenvalue weighted by Gasteiger charge is 2.41. The predicted octanol–water partition coefficient (Wildman–Crippen LogP) is 3.64. The minimum Gasteiger partial charge on any atom is -0.508 e. The molecule has 0 saturated carbocycles. The molecule has 7 nitrogen and oxygen atoms in total. The molecule has 164 valence electrons. The molecule has 1 aliphatic carbocycles. The number of hydrogen-bond acceptors (Lipinski definition) is 5. The second kappa shape index (κ2) is 8.47. The highest BCUT2D eigenvalue weighted by Crippen LogP contribution is 2.43. The summed E-state index contributed by atoms with van der Waals surface area (Å²) in [6, 6.07) is 7.50. The fraction of sp³-hybridized carbons (Fsp3) is 0.174. The summed E-state index contributed by atoms with van der Waals surface area (Å²) in [5, 5.41) is 20.1. The van der Waals surface area contributed by atoms with Crippen LogP contribution < -0.4 is 5.73 Å². The Kier molecular flexibility index (Phi) is 5.71. The zero-order chi connectivity index (χ0) is 23.0. The molecule has 2 atom stereocenters. The molecule has 1 aliphatic rings. The van der Waals surface area contributed by atoms with Crippen molar-refractivity contribution in [2.45, 2.75) is 24.9 Å². The molecule has 2 amide bonds. The van der Waals surface area contributed by atoms with Crippen molar-refractivity contribution in [1.82, 2.24) is 9.88 Å². The third kappa shape index (κ3) is 3.85. The number of fused-ring (bicyclic) bond motifs is 1. The van der Waals surface area contributed by atoms with Crippen LogP contribution in [0.2, 0.25) is 5.02 Å². The van der Waals surface area contributed by atoms with Crippen LogP contribution in [0.1, 0.15) is 45.6 Å². The van der Waals surface area contributed by atoms with Crippen molar-refractivity contribution in [1.29, 1.82) is 0 Å². The summed E-state index contributed by atoms with van der Waals surface area (Å²) in [6.45, 7) is 0. The van der Waals surface area contributed by atoms with E-state index in [0.29, 0.717) is 29.5 Å². The Balaban J connectivity index is 1.90. The summed E-state index contributed by atoms with van der Waals surface area (Å²) < 4.78 is 14.5. The number of nitrogens with zero attached hydrogens (tertiary/aromatic N) is 2. The lowest BCUT2D eigenvalue weighted by molar-refractivity contribution is -0.123. The molecule has 0 saturated heterocycles. The average molecular weight is 456 g/mol. The van der Waals surface area contributed by atoms with E-state index in [1.807, 2.05) is 0 Å². The van der Waals surface area contributed by atoms with Gasteiger partial charge in [0.2, 0.25) is 5.91 Å². The maximum atomic E-state index is 14.5. The molecule has 0 bridgehead atoms. The number of phenols is 2. The molecular formula is C23H19ClFN3O4. The summed E-state index contributed by atoms with van der Waals surface area (Å²) in [5.41, 5.74) is 6.82.